The van der Waals surface area contributed by atoms with Crippen molar-refractivity contribution in [2.24, 2.45) is 0 Å². The van der Waals surface area contributed by atoms with Gasteiger partial charge in [0.2, 0.25) is 0 Å². The first-order valence-electron chi connectivity index (χ1n) is 9.31. The van der Waals surface area contributed by atoms with Crippen molar-refractivity contribution < 1.29 is 19.4 Å². The van der Waals surface area contributed by atoms with Crippen LogP contribution in [0.1, 0.15) is 19.4 Å². The Hall–Kier alpha value is -2.83. The van der Waals surface area contributed by atoms with Crippen molar-refractivity contribution in [1.82, 2.24) is 4.90 Å². The summed E-state index contributed by atoms with van der Waals surface area (Å²) in [5.41, 5.74) is 1.58. The summed E-state index contributed by atoms with van der Waals surface area (Å²) < 4.78 is 5.66. The molecule has 2 amide bonds. The van der Waals surface area contributed by atoms with Gasteiger partial charge in [0.1, 0.15) is 11.4 Å². The monoisotopic (exact) mass is 414 g/mol. The predicted octanol–water partition coefficient (Wildman–Crippen LogP) is 3.34. The molecule has 6 nitrogen and oxygen atoms in total. The number of aliphatic hydroxyl groups excluding tert-OH is 1. The average molecular weight is 415 g/mol. The van der Waals surface area contributed by atoms with Crippen LogP contribution in [0, 0.1) is 0 Å². The van der Waals surface area contributed by atoms with Crippen molar-refractivity contribution >= 4 is 34.7 Å². The molecule has 1 N–H and O–H groups in total. The number of hydrogen-bond donors (Lipinski definition) is 1. The number of aliphatic hydroxyl groups is 1. The van der Waals surface area contributed by atoms with Crippen molar-refractivity contribution in [1.29, 1.82) is 0 Å². The maximum absolute atomic E-state index is 13.3. The molecule has 1 heterocycles. The summed E-state index contributed by atoms with van der Waals surface area (Å²) in [6, 6.07) is 13.6. The molecule has 0 saturated heterocycles. The Labute approximate surface area is 174 Å². The van der Waals surface area contributed by atoms with E-state index in [4.69, 9.17) is 16.3 Å². The number of carbonyl (C=O) groups is 2. The third-order valence-electron chi connectivity index (χ3n) is 4.48. The number of imide groups is 1. The number of ether oxygens (including phenoxy) is 1. The Morgan fingerprint density at radius 2 is 1.66 bits per heavy atom. The zero-order valence-corrected chi connectivity index (χ0v) is 17.3. The van der Waals surface area contributed by atoms with Crippen LogP contribution in [-0.4, -0.2) is 48.1 Å². The first kappa shape index (κ1) is 20.9. The Kier molecular flexibility index (Phi) is 6.25. The van der Waals surface area contributed by atoms with Crippen molar-refractivity contribution in [3.63, 3.8) is 0 Å². The molecule has 0 atom stereocenters. The van der Waals surface area contributed by atoms with Gasteiger partial charge in [-0.25, -0.2) is 4.90 Å². The molecule has 0 fully saturated rings. The highest BCUT2D eigenvalue weighted by Crippen LogP contribution is 2.35. The van der Waals surface area contributed by atoms with Crippen LogP contribution in [0.15, 0.2) is 54.2 Å². The summed E-state index contributed by atoms with van der Waals surface area (Å²) in [6.07, 6.45) is 0.0291. The highest BCUT2D eigenvalue weighted by molar-refractivity contribution is 6.45. The number of amides is 2. The van der Waals surface area contributed by atoms with E-state index < -0.39 is 11.8 Å². The van der Waals surface area contributed by atoms with Gasteiger partial charge in [0, 0.05) is 18.6 Å². The van der Waals surface area contributed by atoms with E-state index in [9.17, 15) is 14.7 Å². The summed E-state index contributed by atoms with van der Waals surface area (Å²) >= 11 is 5.94. The van der Waals surface area contributed by atoms with Gasteiger partial charge in [-0.3, -0.25) is 9.59 Å². The summed E-state index contributed by atoms with van der Waals surface area (Å²) in [5.74, 6) is -0.179. The lowest BCUT2D eigenvalue weighted by molar-refractivity contribution is -0.120. The van der Waals surface area contributed by atoms with E-state index >= 15 is 0 Å². The van der Waals surface area contributed by atoms with E-state index in [0.29, 0.717) is 22.0 Å². The van der Waals surface area contributed by atoms with E-state index in [-0.39, 0.29) is 30.5 Å². The normalized spacial score (nSPS) is 14.2. The fourth-order valence-electron chi connectivity index (χ4n) is 3.19. The lowest BCUT2D eigenvalue weighted by Gasteiger charge is -2.20. The highest BCUT2D eigenvalue weighted by atomic mass is 35.5. The van der Waals surface area contributed by atoms with Crippen molar-refractivity contribution in [3.05, 3.63) is 64.8 Å². The fraction of sp³-hybridized carbons (Fsp3) is 0.273. The Bertz CT molecular complexity index is 936. The number of nitrogens with zero attached hydrogens (tertiary/aromatic N) is 2. The lowest BCUT2D eigenvalue weighted by Crippen LogP contribution is -2.34. The maximum Gasteiger partial charge on any atom is 0.282 e. The van der Waals surface area contributed by atoms with Crippen molar-refractivity contribution in [2.75, 3.05) is 25.1 Å². The summed E-state index contributed by atoms with van der Waals surface area (Å²) in [7, 11) is 1.68. The SMILES string of the molecule is CC(C)Oc1ccc(C2=C(N(C)CCO)C(=O)N(c3ccc(Cl)cc3)C2=O)cc1. The van der Waals surface area contributed by atoms with Crippen LogP contribution in [0.4, 0.5) is 5.69 Å². The third-order valence-corrected chi connectivity index (χ3v) is 4.73. The quantitative estimate of drug-likeness (QED) is 0.704. The van der Waals surface area contributed by atoms with Crippen LogP contribution < -0.4 is 9.64 Å². The van der Waals surface area contributed by atoms with Crippen LogP contribution >= 0.6 is 11.6 Å². The number of anilines is 1. The molecule has 0 aliphatic carbocycles. The molecular weight excluding hydrogens is 392 g/mol. The van der Waals surface area contributed by atoms with Gasteiger partial charge in [-0.15, -0.1) is 0 Å². The second kappa shape index (κ2) is 8.68. The Balaban J connectivity index is 2.05. The number of benzene rings is 2. The van der Waals surface area contributed by atoms with E-state index in [1.165, 1.54) is 0 Å². The van der Waals surface area contributed by atoms with Gasteiger partial charge in [-0.1, -0.05) is 23.7 Å². The molecule has 7 heteroatoms. The fourth-order valence-corrected chi connectivity index (χ4v) is 3.32. The lowest BCUT2D eigenvalue weighted by atomic mass is 10.0. The van der Waals surface area contributed by atoms with Crippen molar-refractivity contribution in [2.45, 2.75) is 20.0 Å². The summed E-state index contributed by atoms with van der Waals surface area (Å²) in [5, 5.41) is 9.85. The van der Waals surface area contributed by atoms with E-state index in [2.05, 4.69) is 0 Å². The molecule has 152 valence electrons. The third kappa shape index (κ3) is 4.28. The van der Waals surface area contributed by atoms with E-state index in [1.807, 2.05) is 13.8 Å². The standard InChI is InChI=1S/C22H23ClN2O4/c1-14(2)29-18-10-4-15(5-11-18)19-20(24(3)12-13-26)22(28)25(21(19)27)17-8-6-16(23)7-9-17/h4-11,14,26H,12-13H2,1-3H3. The van der Waals surface area contributed by atoms with Crippen molar-refractivity contribution in [3.8, 4) is 5.75 Å². The van der Waals surface area contributed by atoms with Crippen LogP contribution in [-0.2, 0) is 9.59 Å². The van der Waals surface area contributed by atoms with E-state index in [0.717, 1.165) is 4.90 Å². The van der Waals surface area contributed by atoms with Gasteiger partial charge in [-0.2, -0.15) is 0 Å². The number of likely N-dealkylation sites (N-methyl/N-ethyl adjacent to an activating group) is 1. The van der Waals surface area contributed by atoms with Gasteiger partial charge >= 0.3 is 0 Å². The Morgan fingerprint density at radius 1 is 1.03 bits per heavy atom. The minimum atomic E-state index is -0.439. The first-order valence-corrected chi connectivity index (χ1v) is 9.69. The molecule has 0 unspecified atom stereocenters. The van der Waals surface area contributed by atoms with Gasteiger partial charge in [0.15, 0.2) is 0 Å². The molecule has 0 saturated carbocycles. The van der Waals surface area contributed by atoms with Crippen LogP contribution in [0.3, 0.4) is 0 Å². The van der Waals surface area contributed by atoms with Gasteiger partial charge < -0.3 is 14.7 Å². The first-order chi connectivity index (χ1) is 13.8. The smallest absolute Gasteiger partial charge is 0.282 e. The second-order valence-electron chi connectivity index (χ2n) is 6.98. The molecule has 0 spiro atoms. The molecule has 1 aliphatic rings. The molecule has 0 bridgehead atoms. The second-order valence-corrected chi connectivity index (χ2v) is 7.42. The number of halogens is 1. The molecular formula is C22H23ClN2O4. The molecule has 0 radical (unpaired) electrons. The number of rotatable bonds is 7. The zero-order valence-electron chi connectivity index (χ0n) is 16.6. The molecule has 2 aromatic rings. The molecule has 0 aromatic heterocycles. The summed E-state index contributed by atoms with van der Waals surface area (Å²) in [6.45, 7) is 3.95. The maximum atomic E-state index is 13.3. The molecule has 2 aromatic carbocycles. The number of carbonyl (C=O) groups excluding carboxylic acids is 2. The largest absolute Gasteiger partial charge is 0.491 e. The molecule has 29 heavy (non-hydrogen) atoms. The van der Waals surface area contributed by atoms with Gasteiger partial charge in [0.25, 0.3) is 11.8 Å². The highest BCUT2D eigenvalue weighted by Gasteiger charge is 2.41. The molecule has 3 rings (SSSR count). The van der Waals surface area contributed by atoms with Gasteiger partial charge in [-0.05, 0) is 55.8 Å². The van der Waals surface area contributed by atoms with Crippen LogP contribution in [0.2, 0.25) is 5.02 Å². The summed E-state index contributed by atoms with van der Waals surface area (Å²) in [4.78, 5) is 29.2. The topological polar surface area (TPSA) is 70.1 Å². The van der Waals surface area contributed by atoms with Crippen LogP contribution in [0.25, 0.3) is 5.57 Å². The van der Waals surface area contributed by atoms with E-state index in [1.54, 1.807) is 60.5 Å². The zero-order chi connectivity index (χ0) is 21.1. The van der Waals surface area contributed by atoms with Crippen LogP contribution in [0.5, 0.6) is 5.75 Å². The predicted molar refractivity (Wildman–Crippen MR) is 113 cm³/mol. The average Bonchev–Trinajstić information content (AvgIpc) is 2.93. The minimum Gasteiger partial charge on any atom is -0.491 e. The minimum absolute atomic E-state index is 0.0291. The van der Waals surface area contributed by atoms with Gasteiger partial charge in [0.05, 0.1) is 24.0 Å². The number of hydrogen-bond acceptors (Lipinski definition) is 5. The molecule has 1 aliphatic heterocycles. The Morgan fingerprint density at radius 3 is 2.21 bits per heavy atom.